The first-order valence-corrected chi connectivity index (χ1v) is 6.20. The highest BCUT2D eigenvalue weighted by molar-refractivity contribution is 6.36. The van der Waals surface area contributed by atoms with Crippen LogP contribution in [0.5, 0.6) is 6.01 Å². The van der Waals surface area contributed by atoms with Crippen LogP contribution in [0.15, 0.2) is 18.2 Å². The monoisotopic (exact) mass is 299 g/mol. The van der Waals surface area contributed by atoms with Gasteiger partial charge in [0.2, 0.25) is 11.9 Å². The van der Waals surface area contributed by atoms with E-state index in [1.807, 2.05) is 6.92 Å². The number of ether oxygens (including phenoxy) is 1. The highest BCUT2D eigenvalue weighted by Gasteiger charge is 2.07. The number of anilines is 3. The second kappa shape index (κ2) is 5.90. The fourth-order valence-corrected chi connectivity index (χ4v) is 1.79. The molecule has 3 N–H and O–H groups in total. The largest absolute Gasteiger partial charge is 0.464 e. The number of aromatic nitrogens is 3. The molecule has 19 heavy (non-hydrogen) atoms. The summed E-state index contributed by atoms with van der Waals surface area (Å²) >= 11 is 11.9. The number of benzene rings is 1. The Labute approximate surface area is 119 Å². The molecule has 1 aromatic carbocycles. The summed E-state index contributed by atoms with van der Waals surface area (Å²) in [7, 11) is 0. The SMILES string of the molecule is CCOc1nc(N)nc(Nc2ccc(Cl)cc2Cl)n1. The molecule has 2 aromatic rings. The van der Waals surface area contributed by atoms with Crippen molar-refractivity contribution in [1.29, 1.82) is 0 Å². The Kier molecular flexibility index (Phi) is 4.24. The van der Waals surface area contributed by atoms with Crippen molar-refractivity contribution in [2.75, 3.05) is 17.7 Å². The van der Waals surface area contributed by atoms with Gasteiger partial charge in [0.15, 0.2) is 0 Å². The third-order valence-corrected chi connectivity index (χ3v) is 2.63. The minimum Gasteiger partial charge on any atom is -0.464 e. The lowest BCUT2D eigenvalue weighted by Gasteiger charge is -2.08. The summed E-state index contributed by atoms with van der Waals surface area (Å²) in [4.78, 5) is 11.8. The van der Waals surface area contributed by atoms with Gasteiger partial charge in [0.05, 0.1) is 17.3 Å². The van der Waals surface area contributed by atoms with E-state index < -0.39 is 0 Å². The Bertz CT molecular complexity index is 593. The van der Waals surface area contributed by atoms with Crippen LogP contribution in [0.25, 0.3) is 0 Å². The van der Waals surface area contributed by atoms with Crippen LogP contribution in [0.3, 0.4) is 0 Å². The van der Waals surface area contributed by atoms with Crippen LogP contribution in [0.1, 0.15) is 6.92 Å². The predicted molar refractivity (Wildman–Crippen MR) is 75.2 cm³/mol. The van der Waals surface area contributed by atoms with E-state index in [-0.39, 0.29) is 17.9 Å². The van der Waals surface area contributed by atoms with Crippen LogP contribution in [0, 0.1) is 0 Å². The molecule has 6 nitrogen and oxygen atoms in total. The van der Waals surface area contributed by atoms with Crippen molar-refractivity contribution in [1.82, 2.24) is 15.0 Å². The predicted octanol–water partition coefficient (Wildman–Crippen LogP) is 2.90. The van der Waals surface area contributed by atoms with Crippen molar-refractivity contribution in [2.24, 2.45) is 0 Å². The van der Waals surface area contributed by atoms with Crippen molar-refractivity contribution in [3.8, 4) is 6.01 Å². The average molecular weight is 300 g/mol. The van der Waals surface area contributed by atoms with Crippen molar-refractivity contribution < 1.29 is 4.74 Å². The lowest BCUT2D eigenvalue weighted by molar-refractivity contribution is 0.312. The fourth-order valence-electron chi connectivity index (χ4n) is 1.33. The molecule has 0 aliphatic heterocycles. The number of hydrogen-bond donors (Lipinski definition) is 2. The molecule has 0 fully saturated rings. The molecule has 0 saturated heterocycles. The molecule has 0 amide bonds. The Balaban J connectivity index is 2.27. The minimum absolute atomic E-state index is 0.0611. The summed E-state index contributed by atoms with van der Waals surface area (Å²) in [6.07, 6.45) is 0. The van der Waals surface area contributed by atoms with Gasteiger partial charge in [-0.05, 0) is 25.1 Å². The summed E-state index contributed by atoms with van der Waals surface area (Å²) in [5.41, 5.74) is 6.18. The maximum Gasteiger partial charge on any atom is 0.323 e. The zero-order valence-corrected chi connectivity index (χ0v) is 11.5. The molecule has 0 saturated carbocycles. The second-order valence-corrected chi connectivity index (χ2v) is 4.33. The molecule has 0 spiro atoms. The number of hydrogen-bond acceptors (Lipinski definition) is 6. The van der Waals surface area contributed by atoms with Crippen LogP contribution in [-0.2, 0) is 0 Å². The Hall–Kier alpha value is -1.79. The van der Waals surface area contributed by atoms with Gasteiger partial charge in [0.1, 0.15) is 0 Å². The standard InChI is InChI=1S/C11H11Cl2N5O/c1-2-19-11-17-9(14)16-10(18-11)15-8-4-3-6(12)5-7(8)13/h3-5H,2H2,1H3,(H3,14,15,16,17,18). The van der Waals surface area contributed by atoms with Crippen LogP contribution < -0.4 is 15.8 Å². The number of halogens is 2. The van der Waals surface area contributed by atoms with Crippen molar-refractivity contribution in [2.45, 2.75) is 6.92 Å². The number of nitrogens with two attached hydrogens (primary N) is 1. The Morgan fingerprint density at radius 1 is 1.26 bits per heavy atom. The average Bonchev–Trinajstić information content (AvgIpc) is 2.32. The van der Waals surface area contributed by atoms with Gasteiger partial charge in [-0.3, -0.25) is 0 Å². The second-order valence-electron chi connectivity index (χ2n) is 3.48. The van der Waals surface area contributed by atoms with Gasteiger partial charge in [-0.25, -0.2) is 0 Å². The normalized spacial score (nSPS) is 10.3. The number of nitrogen functional groups attached to an aromatic ring is 1. The first-order valence-electron chi connectivity index (χ1n) is 5.45. The zero-order chi connectivity index (χ0) is 13.8. The van der Waals surface area contributed by atoms with Gasteiger partial charge in [0.25, 0.3) is 0 Å². The summed E-state index contributed by atoms with van der Waals surface area (Å²) in [6.45, 7) is 2.26. The van der Waals surface area contributed by atoms with Crippen LogP contribution in [0.2, 0.25) is 10.0 Å². The maximum atomic E-state index is 6.04. The Morgan fingerprint density at radius 2 is 2.05 bits per heavy atom. The number of rotatable bonds is 4. The summed E-state index contributed by atoms with van der Waals surface area (Å²) < 4.78 is 5.18. The molecule has 1 aromatic heterocycles. The topological polar surface area (TPSA) is 86.0 Å². The van der Waals surface area contributed by atoms with E-state index in [1.54, 1.807) is 18.2 Å². The zero-order valence-electron chi connectivity index (χ0n) is 10.0. The van der Waals surface area contributed by atoms with Gasteiger partial charge < -0.3 is 15.8 Å². The summed E-state index contributed by atoms with van der Waals surface area (Å²) in [5, 5.41) is 3.92. The molecule has 1 heterocycles. The van der Waals surface area contributed by atoms with E-state index in [2.05, 4.69) is 20.3 Å². The van der Waals surface area contributed by atoms with E-state index in [1.165, 1.54) is 0 Å². The van der Waals surface area contributed by atoms with Gasteiger partial charge in [0, 0.05) is 5.02 Å². The van der Waals surface area contributed by atoms with E-state index in [0.29, 0.717) is 22.3 Å². The number of nitrogens with one attached hydrogen (secondary N) is 1. The molecule has 0 unspecified atom stereocenters. The molecular weight excluding hydrogens is 289 g/mol. The molecule has 100 valence electrons. The lowest BCUT2D eigenvalue weighted by atomic mass is 10.3. The van der Waals surface area contributed by atoms with Crippen molar-refractivity contribution >= 4 is 40.8 Å². The molecule has 0 atom stereocenters. The van der Waals surface area contributed by atoms with Crippen molar-refractivity contribution in [3.05, 3.63) is 28.2 Å². The van der Waals surface area contributed by atoms with E-state index in [0.717, 1.165) is 0 Å². The first kappa shape index (κ1) is 13.6. The summed E-state index contributed by atoms with van der Waals surface area (Å²) in [6, 6.07) is 5.18. The molecule has 0 bridgehead atoms. The summed E-state index contributed by atoms with van der Waals surface area (Å²) in [5.74, 6) is 0.311. The third kappa shape index (κ3) is 3.59. The minimum atomic E-state index is 0.0611. The highest BCUT2D eigenvalue weighted by atomic mass is 35.5. The quantitative estimate of drug-likeness (QED) is 0.903. The molecule has 0 aliphatic carbocycles. The highest BCUT2D eigenvalue weighted by Crippen LogP contribution is 2.27. The van der Waals surface area contributed by atoms with Gasteiger partial charge in [-0.15, -0.1) is 0 Å². The van der Waals surface area contributed by atoms with E-state index in [4.69, 9.17) is 33.7 Å². The van der Waals surface area contributed by atoms with E-state index >= 15 is 0 Å². The molecule has 2 rings (SSSR count). The van der Waals surface area contributed by atoms with Gasteiger partial charge >= 0.3 is 6.01 Å². The first-order chi connectivity index (χ1) is 9.08. The van der Waals surface area contributed by atoms with Crippen LogP contribution >= 0.6 is 23.2 Å². The van der Waals surface area contributed by atoms with Gasteiger partial charge in [-0.1, -0.05) is 23.2 Å². The molecule has 0 aliphatic rings. The van der Waals surface area contributed by atoms with Gasteiger partial charge in [-0.2, -0.15) is 15.0 Å². The van der Waals surface area contributed by atoms with Crippen LogP contribution in [-0.4, -0.2) is 21.6 Å². The van der Waals surface area contributed by atoms with Crippen LogP contribution in [0.4, 0.5) is 17.6 Å². The lowest BCUT2D eigenvalue weighted by Crippen LogP contribution is -2.06. The third-order valence-electron chi connectivity index (χ3n) is 2.08. The molecular formula is C11H11Cl2N5O. The Morgan fingerprint density at radius 3 is 2.74 bits per heavy atom. The smallest absolute Gasteiger partial charge is 0.323 e. The molecule has 8 heteroatoms. The number of nitrogens with zero attached hydrogens (tertiary/aromatic N) is 3. The van der Waals surface area contributed by atoms with E-state index in [9.17, 15) is 0 Å². The molecule has 0 radical (unpaired) electrons. The van der Waals surface area contributed by atoms with Crippen molar-refractivity contribution in [3.63, 3.8) is 0 Å². The fraction of sp³-hybridized carbons (Fsp3) is 0.182. The maximum absolute atomic E-state index is 6.04.